The molecular weight excluding hydrogens is 236 g/mol. The highest BCUT2D eigenvalue weighted by Gasteiger charge is 2.00. The summed E-state index contributed by atoms with van der Waals surface area (Å²) in [7, 11) is 0. The van der Waals surface area contributed by atoms with Crippen molar-refractivity contribution in [3.05, 3.63) is 60.2 Å². The van der Waals surface area contributed by atoms with E-state index in [4.69, 9.17) is 5.84 Å². The molecule has 0 aromatic heterocycles. The second-order valence-corrected chi connectivity index (χ2v) is 4.48. The second-order valence-electron chi connectivity index (χ2n) is 4.48. The van der Waals surface area contributed by atoms with E-state index in [0.29, 0.717) is 6.42 Å². The third kappa shape index (κ3) is 3.93. The number of hydrazine groups is 1. The quantitative estimate of drug-likeness (QED) is 0.489. The van der Waals surface area contributed by atoms with Crippen LogP contribution >= 0.6 is 0 Å². The van der Waals surface area contributed by atoms with Gasteiger partial charge in [0.15, 0.2) is 0 Å². The van der Waals surface area contributed by atoms with Gasteiger partial charge < -0.3 is 0 Å². The van der Waals surface area contributed by atoms with Crippen molar-refractivity contribution in [1.29, 1.82) is 0 Å². The van der Waals surface area contributed by atoms with Crippen LogP contribution in [0.2, 0.25) is 0 Å². The molecule has 0 saturated carbocycles. The zero-order valence-corrected chi connectivity index (χ0v) is 10.8. The number of nitrogens with one attached hydrogen (secondary N) is 1. The lowest BCUT2D eigenvalue weighted by Gasteiger charge is -2.04. The van der Waals surface area contributed by atoms with Crippen LogP contribution in [0.1, 0.15) is 18.4 Å². The fourth-order valence-corrected chi connectivity index (χ4v) is 2.02. The fraction of sp³-hybridized carbons (Fsp3) is 0.188. The normalized spacial score (nSPS) is 10.2. The van der Waals surface area contributed by atoms with Gasteiger partial charge in [-0.25, -0.2) is 5.84 Å². The predicted octanol–water partition coefficient (Wildman–Crippen LogP) is 2.67. The SMILES string of the molecule is NNC(=O)CCCc1ccc(-c2ccccc2)cc1. The first kappa shape index (κ1) is 13.3. The Morgan fingerprint density at radius 2 is 1.58 bits per heavy atom. The van der Waals surface area contributed by atoms with Crippen molar-refractivity contribution in [1.82, 2.24) is 5.43 Å². The van der Waals surface area contributed by atoms with E-state index in [-0.39, 0.29) is 5.91 Å². The highest BCUT2D eigenvalue weighted by atomic mass is 16.2. The van der Waals surface area contributed by atoms with E-state index in [2.05, 4.69) is 41.8 Å². The molecule has 0 bridgehead atoms. The maximum atomic E-state index is 11.0. The molecule has 0 saturated heterocycles. The van der Waals surface area contributed by atoms with Gasteiger partial charge in [-0.2, -0.15) is 0 Å². The largest absolute Gasteiger partial charge is 0.294 e. The minimum absolute atomic E-state index is 0.110. The van der Waals surface area contributed by atoms with E-state index in [1.165, 1.54) is 16.7 Å². The van der Waals surface area contributed by atoms with Crippen molar-refractivity contribution in [2.24, 2.45) is 5.84 Å². The zero-order chi connectivity index (χ0) is 13.5. The third-order valence-corrected chi connectivity index (χ3v) is 3.09. The summed E-state index contributed by atoms with van der Waals surface area (Å²) < 4.78 is 0. The molecule has 0 aliphatic heterocycles. The number of carbonyl (C=O) groups excluding carboxylic acids is 1. The molecule has 1 amide bonds. The third-order valence-electron chi connectivity index (χ3n) is 3.09. The van der Waals surface area contributed by atoms with E-state index in [1.807, 2.05) is 18.2 Å². The van der Waals surface area contributed by atoms with Crippen LogP contribution in [0.5, 0.6) is 0 Å². The van der Waals surface area contributed by atoms with Gasteiger partial charge in [-0.3, -0.25) is 10.2 Å². The van der Waals surface area contributed by atoms with E-state index in [9.17, 15) is 4.79 Å². The molecule has 3 nitrogen and oxygen atoms in total. The molecular formula is C16H18N2O. The first-order valence-corrected chi connectivity index (χ1v) is 6.43. The van der Waals surface area contributed by atoms with Crippen LogP contribution in [0.25, 0.3) is 11.1 Å². The van der Waals surface area contributed by atoms with Crippen LogP contribution in [0.4, 0.5) is 0 Å². The summed E-state index contributed by atoms with van der Waals surface area (Å²) in [6, 6.07) is 18.7. The van der Waals surface area contributed by atoms with Crippen LogP contribution in [0.3, 0.4) is 0 Å². The van der Waals surface area contributed by atoms with Gasteiger partial charge in [-0.1, -0.05) is 54.6 Å². The molecule has 0 unspecified atom stereocenters. The van der Waals surface area contributed by atoms with Crippen LogP contribution in [-0.2, 0) is 11.2 Å². The Morgan fingerprint density at radius 3 is 2.21 bits per heavy atom. The number of amides is 1. The number of aryl methyl sites for hydroxylation is 1. The molecule has 0 heterocycles. The molecule has 0 spiro atoms. The molecule has 3 heteroatoms. The standard InChI is InChI=1S/C16H18N2O/c17-18-16(19)8-4-5-13-9-11-15(12-10-13)14-6-2-1-3-7-14/h1-3,6-7,9-12H,4-5,8,17H2,(H,18,19). The number of hydrogen-bond acceptors (Lipinski definition) is 2. The van der Waals surface area contributed by atoms with E-state index in [0.717, 1.165) is 12.8 Å². The van der Waals surface area contributed by atoms with Gasteiger partial charge in [-0.15, -0.1) is 0 Å². The topological polar surface area (TPSA) is 55.1 Å². The lowest BCUT2D eigenvalue weighted by Crippen LogP contribution is -2.29. The average Bonchev–Trinajstić information content (AvgIpc) is 2.48. The first-order valence-electron chi connectivity index (χ1n) is 6.43. The van der Waals surface area contributed by atoms with Crippen molar-refractivity contribution >= 4 is 5.91 Å². The van der Waals surface area contributed by atoms with Gasteiger partial charge in [0.05, 0.1) is 0 Å². The smallest absolute Gasteiger partial charge is 0.233 e. The number of nitrogens with two attached hydrogens (primary N) is 1. The van der Waals surface area contributed by atoms with Gasteiger partial charge in [0, 0.05) is 6.42 Å². The summed E-state index contributed by atoms with van der Waals surface area (Å²) in [5.74, 6) is 4.93. The van der Waals surface area contributed by atoms with Gasteiger partial charge >= 0.3 is 0 Å². The van der Waals surface area contributed by atoms with Crippen LogP contribution < -0.4 is 11.3 Å². The lowest BCUT2D eigenvalue weighted by atomic mass is 10.0. The molecule has 0 atom stereocenters. The number of benzene rings is 2. The molecule has 2 aromatic rings. The van der Waals surface area contributed by atoms with E-state index < -0.39 is 0 Å². The van der Waals surface area contributed by atoms with Gasteiger partial charge in [0.1, 0.15) is 0 Å². The monoisotopic (exact) mass is 254 g/mol. The minimum atomic E-state index is -0.110. The number of rotatable bonds is 5. The summed E-state index contributed by atoms with van der Waals surface area (Å²) in [5.41, 5.74) is 5.81. The van der Waals surface area contributed by atoms with Gasteiger partial charge in [0.2, 0.25) is 5.91 Å². The Morgan fingerprint density at radius 1 is 0.947 bits per heavy atom. The summed E-state index contributed by atoms with van der Waals surface area (Å²) >= 11 is 0. The maximum Gasteiger partial charge on any atom is 0.233 e. The molecule has 0 aliphatic carbocycles. The summed E-state index contributed by atoms with van der Waals surface area (Å²) in [6.07, 6.45) is 2.17. The Labute approximate surface area is 113 Å². The van der Waals surface area contributed by atoms with Crippen molar-refractivity contribution in [3.63, 3.8) is 0 Å². The van der Waals surface area contributed by atoms with Gasteiger partial charge in [0.25, 0.3) is 0 Å². The number of hydrogen-bond donors (Lipinski definition) is 2. The fourth-order valence-electron chi connectivity index (χ4n) is 2.02. The van der Waals surface area contributed by atoms with Crippen molar-refractivity contribution < 1.29 is 4.79 Å². The molecule has 0 radical (unpaired) electrons. The molecule has 3 N–H and O–H groups in total. The molecule has 0 aliphatic rings. The van der Waals surface area contributed by atoms with Crippen molar-refractivity contribution in [3.8, 4) is 11.1 Å². The van der Waals surface area contributed by atoms with Crippen LogP contribution in [0.15, 0.2) is 54.6 Å². The van der Waals surface area contributed by atoms with Crippen molar-refractivity contribution in [2.75, 3.05) is 0 Å². The summed E-state index contributed by atoms with van der Waals surface area (Å²) in [4.78, 5) is 11.0. The second kappa shape index (κ2) is 6.71. The van der Waals surface area contributed by atoms with Crippen LogP contribution in [-0.4, -0.2) is 5.91 Å². The molecule has 98 valence electrons. The maximum absolute atomic E-state index is 11.0. The minimum Gasteiger partial charge on any atom is -0.294 e. The number of carbonyl (C=O) groups is 1. The van der Waals surface area contributed by atoms with E-state index in [1.54, 1.807) is 0 Å². The van der Waals surface area contributed by atoms with Crippen LogP contribution in [0, 0.1) is 0 Å². The Hall–Kier alpha value is -2.13. The van der Waals surface area contributed by atoms with Gasteiger partial charge in [-0.05, 0) is 29.5 Å². The predicted molar refractivity (Wildman–Crippen MR) is 77.1 cm³/mol. The zero-order valence-electron chi connectivity index (χ0n) is 10.8. The Balaban J connectivity index is 1.94. The molecule has 2 rings (SSSR count). The lowest BCUT2D eigenvalue weighted by molar-refractivity contribution is -0.121. The summed E-state index contributed by atoms with van der Waals surface area (Å²) in [5, 5.41) is 0. The summed E-state index contributed by atoms with van der Waals surface area (Å²) in [6.45, 7) is 0. The first-order chi connectivity index (χ1) is 9.29. The van der Waals surface area contributed by atoms with E-state index >= 15 is 0 Å². The molecule has 0 fully saturated rings. The molecule has 19 heavy (non-hydrogen) atoms. The Kier molecular flexibility index (Phi) is 4.70. The highest BCUT2D eigenvalue weighted by Crippen LogP contribution is 2.19. The molecule has 2 aromatic carbocycles. The average molecular weight is 254 g/mol. The van der Waals surface area contributed by atoms with Crippen molar-refractivity contribution in [2.45, 2.75) is 19.3 Å². The highest BCUT2D eigenvalue weighted by molar-refractivity contribution is 5.75. The Bertz CT molecular complexity index is 520.